The highest BCUT2D eigenvalue weighted by Crippen LogP contribution is 2.49. The first kappa shape index (κ1) is 20.2. The van der Waals surface area contributed by atoms with Crippen LogP contribution in [-0.4, -0.2) is 29.3 Å². The van der Waals surface area contributed by atoms with Gasteiger partial charge in [0.15, 0.2) is 0 Å². The second-order valence-corrected chi connectivity index (χ2v) is 10.7. The zero-order chi connectivity index (χ0) is 21.5. The molecule has 0 aromatic heterocycles. The molecule has 4 rings (SSSR count). The van der Waals surface area contributed by atoms with Crippen molar-refractivity contribution in [3.8, 4) is 11.5 Å². The van der Waals surface area contributed by atoms with Crippen molar-refractivity contribution in [2.24, 2.45) is 0 Å². The molecule has 7 nitrogen and oxygen atoms in total. The summed E-state index contributed by atoms with van der Waals surface area (Å²) in [4.78, 5) is 0. The maximum atomic E-state index is 12.0. The van der Waals surface area contributed by atoms with Gasteiger partial charge in [-0.25, -0.2) is 16.8 Å². The molecule has 30 heavy (non-hydrogen) atoms. The third-order valence-corrected chi connectivity index (χ3v) is 5.84. The maximum Gasteiger partial charge on any atom is 0.229 e. The molecule has 0 atom stereocenters. The summed E-state index contributed by atoms with van der Waals surface area (Å²) < 4.78 is 58.5. The van der Waals surface area contributed by atoms with E-state index in [9.17, 15) is 16.8 Å². The first-order chi connectivity index (χ1) is 14.1. The molecule has 0 amide bonds. The van der Waals surface area contributed by atoms with E-state index in [2.05, 4.69) is 9.44 Å². The van der Waals surface area contributed by atoms with Crippen LogP contribution in [0.3, 0.4) is 0 Å². The molecular formula is C21H20N2O5S2. The van der Waals surface area contributed by atoms with Crippen LogP contribution in [0.5, 0.6) is 11.5 Å². The lowest BCUT2D eigenvalue weighted by Crippen LogP contribution is -2.17. The predicted molar refractivity (Wildman–Crippen MR) is 117 cm³/mol. The zero-order valence-electron chi connectivity index (χ0n) is 16.3. The van der Waals surface area contributed by atoms with E-state index in [1.165, 1.54) is 6.07 Å². The molecule has 0 saturated carbocycles. The highest BCUT2D eigenvalue weighted by atomic mass is 32.2. The van der Waals surface area contributed by atoms with Crippen LogP contribution in [0.1, 0.15) is 22.6 Å². The predicted octanol–water partition coefficient (Wildman–Crippen LogP) is 3.72. The number of sulfonamides is 2. The number of benzene rings is 3. The Morgan fingerprint density at radius 1 is 0.700 bits per heavy atom. The van der Waals surface area contributed by atoms with Gasteiger partial charge in [-0.2, -0.15) is 0 Å². The minimum absolute atomic E-state index is 0.341. The molecule has 0 saturated heterocycles. The van der Waals surface area contributed by atoms with Crippen molar-refractivity contribution in [3.63, 3.8) is 0 Å². The molecule has 0 spiro atoms. The van der Waals surface area contributed by atoms with Crippen molar-refractivity contribution < 1.29 is 21.6 Å². The minimum atomic E-state index is -3.56. The standard InChI is InChI=1S/C21H20N2O5S2/c1-29(24,25)22-14-11-12-18(23-30(2,26)27)17(13-14)21-15-7-3-5-9-19(15)28-20-10-6-4-8-16(20)21/h3-13,21-23H,1-2H3. The summed E-state index contributed by atoms with van der Waals surface area (Å²) in [5.74, 6) is 0.956. The van der Waals surface area contributed by atoms with Crippen molar-refractivity contribution in [2.75, 3.05) is 22.0 Å². The summed E-state index contributed by atoms with van der Waals surface area (Å²) in [7, 11) is -7.07. The van der Waals surface area contributed by atoms with Crippen molar-refractivity contribution in [3.05, 3.63) is 83.4 Å². The summed E-state index contributed by atoms with van der Waals surface area (Å²) in [6.45, 7) is 0. The van der Waals surface area contributed by atoms with E-state index in [0.717, 1.165) is 23.6 Å². The highest BCUT2D eigenvalue weighted by Gasteiger charge is 2.30. The van der Waals surface area contributed by atoms with E-state index in [0.29, 0.717) is 28.4 Å². The SMILES string of the molecule is CS(=O)(=O)Nc1ccc(NS(C)(=O)=O)c(C2c3ccccc3Oc3ccccc32)c1. The Morgan fingerprint density at radius 2 is 1.23 bits per heavy atom. The Hall–Kier alpha value is -3.04. The van der Waals surface area contributed by atoms with Gasteiger partial charge in [0, 0.05) is 22.7 Å². The van der Waals surface area contributed by atoms with E-state index in [1.54, 1.807) is 12.1 Å². The molecule has 156 valence electrons. The number of nitrogens with one attached hydrogen (secondary N) is 2. The fourth-order valence-corrected chi connectivity index (χ4v) is 4.76. The first-order valence-electron chi connectivity index (χ1n) is 9.06. The van der Waals surface area contributed by atoms with Crippen LogP contribution in [0.25, 0.3) is 0 Å². The molecule has 0 bridgehead atoms. The van der Waals surface area contributed by atoms with Gasteiger partial charge in [-0.15, -0.1) is 0 Å². The van der Waals surface area contributed by atoms with Gasteiger partial charge in [-0.3, -0.25) is 9.44 Å². The van der Waals surface area contributed by atoms with Crippen molar-refractivity contribution in [1.82, 2.24) is 0 Å². The number of rotatable bonds is 5. The van der Waals surface area contributed by atoms with Crippen molar-refractivity contribution in [1.29, 1.82) is 0 Å². The van der Waals surface area contributed by atoms with E-state index in [-0.39, 0.29) is 5.92 Å². The number of para-hydroxylation sites is 2. The third-order valence-electron chi connectivity index (χ3n) is 4.64. The molecule has 0 fully saturated rings. The van der Waals surface area contributed by atoms with E-state index < -0.39 is 20.0 Å². The lowest BCUT2D eigenvalue weighted by atomic mass is 9.82. The van der Waals surface area contributed by atoms with Crippen molar-refractivity contribution >= 4 is 31.4 Å². The van der Waals surface area contributed by atoms with Crippen molar-refractivity contribution in [2.45, 2.75) is 5.92 Å². The Morgan fingerprint density at radius 3 is 1.77 bits per heavy atom. The zero-order valence-corrected chi connectivity index (χ0v) is 17.9. The molecule has 0 unspecified atom stereocenters. The summed E-state index contributed by atoms with van der Waals surface area (Å²) in [5.41, 5.74) is 3.02. The Bertz CT molecular complexity index is 1290. The normalized spacial score (nSPS) is 13.7. The van der Waals surface area contributed by atoms with Crippen LogP contribution in [0.15, 0.2) is 66.7 Å². The fourth-order valence-electron chi connectivity index (χ4n) is 3.62. The largest absolute Gasteiger partial charge is 0.457 e. The topological polar surface area (TPSA) is 102 Å². The van der Waals surface area contributed by atoms with Gasteiger partial charge in [0.05, 0.1) is 18.2 Å². The van der Waals surface area contributed by atoms with Gasteiger partial charge in [0.2, 0.25) is 20.0 Å². The van der Waals surface area contributed by atoms with Crippen LogP contribution < -0.4 is 14.2 Å². The summed E-state index contributed by atoms with van der Waals surface area (Å²) in [6.07, 6.45) is 2.14. The lowest BCUT2D eigenvalue weighted by Gasteiger charge is -2.30. The first-order valence-corrected chi connectivity index (χ1v) is 12.8. The van der Waals surface area contributed by atoms with Gasteiger partial charge in [-0.05, 0) is 35.9 Å². The molecule has 0 radical (unpaired) electrons. The average Bonchev–Trinajstić information content (AvgIpc) is 2.65. The Kier molecular flexibility index (Phi) is 4.95. The summed E-state index contributed by atoms with van der Waals surface area (Å²) in [5, 5.41) is 0. The average molecular weight is 445 g/mol. The number of anilines is 2. The maximum absolute atomic E-state index is 12.0. The molecule has 2 N–H and O–H groups in total. The molecule has 3 aromatic rings. The number of hydrogen-bond acceptors (Lipinski definition) is 5. The van der Waals surface area contributed by atoms with E-state index >= 15 is 0 Å². The molecule has 9 heteroatoms. The van der Waals surface area contributed by atoms with Gasteiger partial charge < -0.3 is 4.74 Å². The molecule has 3 aromatic carbocycles. The van der Waals surface area contributed by atoms with Gasteiger partial charge in [0.25, 0.3) is 0 Å². The third kappa shape index (κ3) is 4.27. The van der Waals surface area contributed by atoms with Crippen LogP contribution >= 0.6 is 0 Å². The quantitative estimate of drug-likeness (QED) is 0.489. The Labute approximate surface area is 175 Å². The van der Waals surface area contributed by atoms with E-state index in [4.69, 9.17) is 4.74 Å². The number of ether oxygens (including phenoxy) is 1. The second kappa shape index (κ2) is 7.33. The molecule has 0 aliphatic carbocycles. The number of fused-ring (bicyclic) bond motifs is 2. The summed E-state index contributed by atoms with van der Waals surface area (Å²) in [6, 6.07) is 19.7. The number of hydrogen-bond donors (Lipinski definition) is 2. The van der Waals surface area contributed by atoms with Crippen LogP contribution in [0.2, 0.25) is 0 Å². The highest BCUT2D eigenvalue weighted by molar-refractivity contribution is 7.92. The van der Waals surface area contributed by atoms with Gasteiger partial charge >= 0.3 is 0 Å². The van der Waals surface area contributed by atoms with Gasteiger partial charge in [0.1, 0.15) is 11.5 Å². The van der Waals surface area contributed by atoms with Crippen LogP contribution in [0.4, 0.5) is 11.4 Å². The molecule has 1 aliphatic rings. The van der Waals surface area contributed by atoms with Gasteiger partial charge in [-0.1, -0.05) is 36.4 Å². The lowest BCUT2D eigenvalue weighted by molar-refractivity contribution is 0.453. The molecule has 1 heterocycles. The molecule has 1 aliphatic heterocycles. The molecular weight excluding hydrogens is 424 g/mol. The summed E-state index contributed by atoms with van der Waals surface area (Å²) >= 11 is 0. The van der Waals surface area contributed by atoms with Crippen LogP contribution in [-0.2, 0) is 20.0 Å². The monoisotopic (exact) mass is 444 g/mol. The fraction of sp³-hybridized carbons (Fsp3) is 0.143. The minimum Gasteiger partial charge on any atom is -0.457 e. The Balaban J connectivity index is 1.97. The van der Waals surface area contributed by atoms with E-state index in [1.807, 2.05) is 48.5 Å². The smallest absolute Gasteiger partial charge is 0.229 e. The second-order valence-electron chi connectivity index (χ2n) is 7.16. The van der Waals surface area contributed by atoms with Crippen LogP contribution in [0, 0.1) is 0 Å².